The fourth-order valence-corrected chi connectivity index (χ4v) is 2.81. The highest BCUT2D eigenvalue weighted by atomic mass is 32.2. The third-order valence-corrected chi connectivity index (χ3v) is 3.76. The molecule has 0 aliphatic carbocycles. The topological polar surface area (TPSA) is 40.5 Å². The Morgan fingerprint density at radius 1 is 1.06 bits per heavy atom. The van der Waals surface area contributed by atoms with E-state index in [1.807, 2.05) is 24.3 Å². The molecule has 0 aliphatic rings. The lowest BCUT2D eigenvalue weighted by molar-refractivity contribution is 0.425. The molecule has 4 heteroatoms. The summed E-state index contributed by atoms with van der Waals surface area (Å²) in [5.41, 5.74) is 2.77. The second-order valence-electron chi connectivity index (χ2n) is 4.18. The van der Waals surface area contributed by atoms with Crippen molar-refractivity contribution in [3.8, 4) is 0 Å². The predicted molar refractivity (Wildman–Crippen MR) is 77.0 cm³/mol. The lowest BCUT2D eigenvalue weighted by Gasteiger charge is -2.08. The van der Waals surface area contributed by atoms with Crippen molar-refractivity contribution < 1.29 is 10.0 Å². The molecule has 92 valence electrons. The van der Waals surface area contributed by atoms with Crippen molar-refractivity contribution in [2.24, 2.45) is 0 Å². The molecule has 0 radical (unpaired) electrons. The summed E-state index contributed by atoms with van der Waals surface area (Å²) in [5, 5.41) is 18.6. The van der Waals surface area contributed by atoms with Gasteiger partial charge in [-0.1, -0.05) is 42.0 Å². The summed E-state index contributed by atoms with van der Waals surface area (Å²) in [7, 11) is -1.40. The summed E-state index contributed by atoms with van der Waals surface area (Å²) in [6, 6.07) is 15.7. The van der Waals surface area contributed by atoms with E-state index in [1.54, 1.807) is 17.8 Å². The van der Waals surface area contributed by atoms with E-state index in [0.717, 1.165) is 11.3 Å². The first-order chi connectivity index (χ1) is 8.66. The molecule has 0 bridgehead atoms. The predicted octanol–water partition coefficient (Wildman–Crippen LogP) is 1.97. The normalized spacial score (nSPS) is 10.4. The molecular weight excluding hydrogens is 243 g/mol. The van der Waals surface area contributed by atoms with Gasteiger partial charge in [0, 0.05) is 10.6 Å². The molecule has 0 saturated heterocycles. The molecule has 2 N–H and O–H groups in total. The van der Waals surface area contributed by atoms with Gasteiger partial charge in [0.25, 0.3) is 0 Å². The van der Waals surface area contributed by atoms with Crippen LogP contribution in [0.4, 0.5) is 0 Å². The maximum Gasteiger partial charge on any atom is 0.488 e. The quantitative estimate of drug-likeness (QED) is 0.650. The molecule has 0 fully saturated rings. The lowest BCUT2D eigenvalue weighted by Crippen LogP contribution is -2.32. The van der Waals surface area contributed by atoms with Crippen molar-refractivity contribution in [3.63, 3.8) is 0 Å². The van der Waals surface area contributed by atoms with E-state index in [-0.39, 0.29) is 0 Å². The second-order valence-corrected chi connectivity index (χ2v) is 5.23. The van der Waals surface area contributed by atoms with Crippen LogP contribution in [0.15, 0.2) is 53.4 Å². The average molecular weight is 258 g/mol. The molecule has 0 aromatic heterocycles. The fraction of sp³-hybridized carbons (Fsp3) is 0.143. The summed E-state index contributed by atoms with van der Waals surface area (Å²) in [5.74, 6) is 0.733. The number of hydrogen-bond acceptors (Lipinski definition) is 3. The van der Waals surface area contributed by atoms with Crippen molar-refractivity contribution in [2.45, 2.75) is 17.6 Å². The van der Waals surface area contributed by atoms with Gasteiger partial charge in [-0.2, -0.15) is 0 Å². The van der Waals surface area contributed by atoms with Crippen LogP contribution in [0, 0.1) is 6.92 Å². The summed E-state index contributed by atoms with van der Waals surface area (Å²) in [6.45, 7) is 2.06. The van der Waals surface area contributed by atoms with E-state index in [0.29, 0.717) is 5.46 Å². The Hall–Kier alpha value is -1.23. The van der Waals surface area contributed by atoms with Crippen molar-refractivity contribution in [1.29, 1.82) is 0 Å². The Bertz CT molecular complexity index is 529. The largest absolute Gasteiger partial charge is 0.488 e. The molecule has 2 aromatic rings. The van der Waals surface area contributed by atoms with Gasteiger partial charge < -0.3 is 10.0 Å². The van der Waals surface area contributed by atoms with Crippen LogP contribution >= 0.6 is 11.8 Å². The van der Waals surface area contributed by atoms with E-state index in [1.165, 1.54) is 10.5 Å². The molecule has 2 nitrogen and oxygen atoms in total. The Morgan fingerprint density at radius 3 is 2.56 bits per heavy atom. The molecule has 0 aliphatic heterocycles. The molecule has 2 aromatic carbocycles. The Morgan fingerprint density at radius 2 is 1.83 bits per heavy atom. The summed E-state index contributed by atoms with van der Waals surface area (Å²) >= 11 is 1.70. The van der Waals surface area contributed by atoms with Crippen molar-refractivity contribution in [3.05, 3.63) is 59.7 Å². The van der Waals surface area contributed by atoms with E-state index in [2.05, 4.69) is 25.1 Å². The van der Waals surface area contributed by atoms with Gasteiger partial charge in [-0.3, -0.25) is 0 Å². The SMILES string of the molecule is Cc1cccc(SCc2ccccc2B(O)O)c1. The van der Waals surface area contributed by atoms with E-state index in [9.17, 15) is 10.0 Å². The monoisotopic (exact) mass is 258 g/mol. The summed E-state index contributed by atoms with van der Waals surface area (Å²) in [6.07, 6.45) is 0. The minimum atomic E-state index is -1.40. The standard InChI is InChI=1S/C14H15BO2S/c1-11-5-4-7-13(9-11)18-10-12-6-2-3-8-14(12)15(16)17/h2-9,16-17H,10H2,1H3. The van der Waals surface area contributed by atoms with Crippen LogP contribution in [0.2, 0.25) is 0 Å². The average Bonchev–Trinajstić information content (AvgIpc) is 2.37. The molecule has 0 heterocycles. The van der Waals surface area contributed by atoms with Crippen molar-refractivity contribution >= 4 is 24.3 Å². The number of hydrogen-bond donors (Lipinski definition) is 2. The maximum absolute atomic E-state index is 9.29. The number of benzene rings is 2. The van der Waals surface area contributed by atoms with Crippen LogP contribution in [-0.2, 0) is 5.75 Å². The molecule has 0 spiro atoms. The van der Waals surface area contributed by atoms with Crippen LogP contribution in [0.3, 0.4) is 0 Å². The highest BCUT2D eigenvalue weighted by Crippen LogP contribution is 2.22. The number of thioether (sulfide) groups is 1. The van der Waals surface area contributed by atoms with Gasteiger partial charge in [-0.25, -0.2) is 0 Å². The number of aryl methyl sites for hydroxylation is 1. The highest BCUT2D eigenvalue weighted by molar-refractivity contribution is 7.98. The fourth-order valence-electron chi connectivity index (χ4n) is 1.78. The van der Waals surface area contributed by atoms with Crippen LogP contribution in [0.25, 0.3) is 0 Å². The zero-order valence-electron chi connectivity index (χ0n) is 10.2. The maximum atomic E-state index is 9.29. The van der Waals surface area contributed by atoms with Gasteiger partial charge in [0.1, 0.15) is 0 Å². The molecule has 0 unspecified atom stereocenters. The first-order valence-corrected chi connectivity index (χ1v) is 6.79. The highest BCUT2D eigenvalue weighted by Gasteiger charge is 2.14. The Labute approximate surface area is 112 Å². The van der Waals surface area contributed by atoms with E-state index >= 15 is 0 Å². The minimum absolute atomic E-state index is 0.581. The molecular formula is C14H15BO2S. The first kappa shape index (κ1) is 13.2. The van der Waals surface area contributed by atoms with Crippen LogP contribution < -0.4 is 5.46 Å². The second kappa shape index (κ2) is 6.09. The summed E-state index contributed by atoms with van der Waals surface area (Å²) in [4.78, 5) is 1.19. The van der Waals surface area contributed by atoms with E-state index in [4.69, 9.17) is 0 Å². The minimum Gasteiger partial charge on any atom is -0.423 e. The molecule has 0 amide bonds. The van der Waals surface area contributed by atoms with E-state index < -0.39 is 7.12 Å². The third-order valence-electron chi connectivity index (χ3n) is 2.72. The molecule has 0 saturated carbocycles. The Balaban J connectivity index is 2.11. The van der Waals surface area contributed by atoms with Gasteiger partial charge in [0.2, 0.25) is 0 Å². The zero-order chi connectivity index (χ0) is 13.0. The first-order valence-electron chi connectivity index (χ1n) is 5.80. The molecule has 18 heavy (non-hydrogen) atoms. The van der Waals surface area contributed by atoms with Gasteiger partial charge in [0.05, 0.1) is 0 Å². The Kier molecular flexibility index (Phi) is 4.47. The lowest BCUT2D eigenvalue weighted by atomic mass is 9.77. The smallest absolute Gasteiger partial charge is 0.423 e. The van der Waals surface area contributed by atoms with Gasteiger partial charge in [0.15, 0.2) is 0 Å². The molecule has 2 rings (SSSR count). The summed E-state index contributed by atoms with van der Waals surface area (Å²) < 4.78 is 0. The van der Waals surface area contributed by atoms with Crippen LogP contribution in [-0.4, -0.2) is 17.2 Å². The zero-order valence-corrected chi connectivity index (χ0v) is 11.0. The number of rotatable bonds is 4. The molecule has 0 atom stereocenters. The third kappa shape index (κ3) is 3.39. The van der Waals surface area contributed by atoms with Crippen molar-refractivity contribution in [1.82, 2.24) is 0 Å². The van der Waals surface area contributed by atoms with Gasteiger partial charge in [-0.05, 0) is 30.1 Å². The van der Waals surface area contributed by atoms with Crippen LogP contribution in [0.1, 0.15) is 11.1 Å². The van der Waals surface area contributed by atoms with Gasteiger partial charge >= 0.3 is 7.12 Å². The van der Waals surface area contributed by atoms with Gasteiger partial charge in [-0.15, -0.1) is 11.8 Å². The van der Waals surface area contributed by atoms with Crippen LogP contribution in [0.5, 0.6) is 0 Å². The van der Waals surface area contributed by atoms with Crippen molar-refractivity contribution in [2.75, 3.05) is 0 Å².